The van der Waals surface area contributed by atoms with E-state index in [-0.39, 0.29) is 75.4 Å². The maximum absolute atomic E-state index is 4.76. The fourth-order valence-corrected chi connectivity index (χ4v) is 6.29. The molecule has 0 fully saturated rings. The molecule has 4 aromatic carbocycles. The van der Waals surface area contributed by atoms with E-state index >= 15 is 0 Å². The van der Waals surface area contributed by atoms with Crippen LogP contribution in [0.1, 0.15) is 69.2 Å². The van der Waals surface area contributed by atoms with Gasteiger partial charge in [-0.15, -0.1) is 17.5 Å². The van der Waals surface area contributed by atoms with E-state index in [9.17, 15) is 0 Å². The van der Waals surface area contributed by atoms with Crippen LogP contribution < -0.4 is 59.1 Å². The Morgan fingerprint density at radius 1 is 0.526 bits per heavy atom. The van der Waals surface area contributed by atoms with E-state index in [4.69, 9.17) is 6.92 Å². The Hall–Kier alpha value is -1.25. The van der Waals surface area contributed by atoms with E-state index in [1.165, 1.54) is 28.2 Å². The standard InChI is InChI=1S/C36H40.2Na/c1-29(30-18-10-6-11-19-30)26-35(4,32-22-14-8-15-23-32)28-36(5,33-24-16-9-17-25-33)27-34(2,3)31-20-12-7-13-21-31;;/h6-25H,2,26-28H2,1,3-5H3;;/q-2;2*+1. The average molecular weight is 519 g/mol. The van der Waals surface area contributed by atoms with Crippen LogP contribution in [0.3, 0.4) is 0 Å². The van der Waals surface area contributed by atoms with Gasteiger partial charge in [0.25, 0.3) is 0 Å². The van der Waals surface area contributed by atoms with Crippen molar-refractivity contribution in [1.29, 1.82) is 0 Å². The molecular weight excluding hydrogens is 478 g/mol. The summed E-state index contributed by atoms with van der Waals surface area (Å²) in [5, 5.41) is 0. The minimum Gasteiger partial charge on any atom is -0.333 e. The maximum atomic E-state index is 4.76. The Bertz CT molecular complexity index is 1210. The second-order valence-electron chi connectivity index (χ2n) is 11.5. The van der Waals surface area contributed by atoms with E-state index in [0.29, 0.717) is 0 Å². The van der Waals surface area contributed by atoms with Crippen molar-refractivity contribution in [3.05, 3.63) is 156 Å². The van der Waals surface area contributed by atoms with Crippen LogP contribution in [-0.2, 0) is 16.2 Å². The zero-order valence-corrected chi connectivity index (χ0v) is 28.4. The fourth-order valence-electron chi connectivity index (χ4n) is 6.29. The van der Waals surface area contributed by atoms with E-state index in [1.54, 1.807) is 0 Å². The van der Waals surface area contributed by atoms with Crippen LogP contribution in [-0.4, -0.2) is 0 Å². The molecule has 0 aliphatic carbocycles. The van der Waals surface area contributed by atoms with Crippen LogP contribution >= 0.6 is 0 Å². The summed E-state index contributed by atoms with van der Waals surface area (Å²) in [4.78, 5) is 0. The van der Waals surface area contributed by atoms with Gasteiger partial charge in [0.05, 0.1) is 0 Å². The minimum atomic E-state index is -0.207. The Morgan fingerprint density at radius 2 is 0.895 bits per heavy atom. The van der Waals surface area contributed by atoms with Crippen LogP contribution in [0.4, 0.5) is 0 Å². The maximum Gasteiger partial charge on any atom is 1.00 e. The van der Waals surface area contributed by atoms with Crippen molar-refractivity contribution in [2.75, 3.05) is 0 Å². The van der Waals surface area contributed by atoms with Crippen molar-refractivity contribution in [3.8, 4) is 0 Å². The number of hydrogen-bond acceptors (Lipinski definition) is 0. The minimum absolute atomic E-state index is 0. The second kappa shape index (κ2) is 14.4. The van der Waals surface area contributed by atoms with Crippen LogP contribution in [0, 0.1) is 12.8 Å². The first-order chi connectivity index (χ1) is 17.2. The first-order valence-corrected chi connectivity index (χ1v) is 13.1. The van der Waals surface area contributed by atoms with Gasteiger partial charge in [-0.2, -0.15) is 23.6 Å². The summed E-state index contributed by atoms with van der Waals surface area (Å²) in [7, 11) is 0. The molecule has 2 heteroatoms. The molecular formula is C36H40Na2. The van der Waals surface area contributed by atoms with Gasteiger partial charge < -0.3 is 6.92 Å². The van der Waals surface area contributed by atoms with Gasteiger partial charge in [0, 0.05) is 0 Å². The molecule has 0 heterocycles. The van der Waals surface area contributed by atoms with E-state index in [0.717, 1.165) is 19.3 Å². The molecule has 0 spiro atoms. The largest absolute Gasteiger partial charge is 1.00 e. The molecule has 0 N–H and O–H groups in total. The van der Waals surface area contributed by atoms with Gasteiger partial charge in [-0.1, -0.05) is 143 Å². The first-order valence-electron chi connectivity index (χ1n) is 13.1. The normalized spacial score (nSPS) is 15.5. The van der Waals surface area contributed by atoms with Crippen molar-refractivity contribution in [3.63, 3.8) is 0 Å². The predicted molar refractivity (Wildman–Crippen MR) is 155 cm³/mol. The third-order valence-corrected chi connectivity index (χ3v) is 7.89. The summed E-state index contributed by atoms with van der Waals surface area (Å²) in [5.74, 6) is 1.43. The van der Waals surface area contributed by atoms with E-state index < -0.39 is 0 Å². The molecule has 0 nitrogen and oxygen atoms in total. The van der Waals surface area contributed by atoms with Crippen LogP contribution in [0.2, 0.25) is 0 Å². The van der Waals surface area contributed by atoms with Gasteiger partial charge in [0.1, 0.15) is 0 Å². The smallest absolute Gasteiger partial charge is 0.333 e. The van der Waals surface area contributed by atoms with Crippen molar-refractivity contribution < 1.29 is 59.1 Å². The Morgan fingerprint density at radius 3 is 1.34 bits per heavy atom. The van der Waals surface area contributed by atoms with Crippen LogP contribution in [0.15, 0.2) is 121 Å². The summed E-state index contributed by atoms with van der Waals surface area (Å²) in [6, 6.07) is 43.8. The predicted octanol–water partition coefficient (Wildman–Crippen LogP) is 3.52. The van der Waals surface area contributed by atoms with Gasteiger partial charge >= 0.3 is 59.1 Å². The van der Waals surface area contributed by atoms with Crippen molar-refractivity contribution in [2.45, 2.75) is 63.2 Å². The molecule has 4 aromatic rings. The number of rotatable bonds is 10. The van der Waals surface area contributed by atoms with Crippen molar-refractivity contribution in [1.82, 2.24) is 0 Å². The zero-order chi connectivity index (χ0) is 25.7. The first kappa shape index (κ1) is 33.0. The third-order valence-electron chi connectivity index (χ3n) is 7.89. The van der Waals surface area contributed by atoms with Gasteiger partial charge in [-0.25, -0.2) is 0 Å². The summed E-state index contributed by atoms with van der Waals surface area (Å²) in [6.07, 6.45) is 2.99. The average Bonchev–Trinajstić information content (AvgIpc) is 2.90. The van der Waals surface area contributed by atoms with Gasteiger partial charge in [0.15, 0.2) is 0 Å². The van der Waals surface area contributed by atoms with Crippen LogP contribution in [0.25, 0.3) is 0 Å². The summed E-state index contributed by atoms with van der Waals surface area (Å²) >= 11 is 0. The Balaban J connectivity index is 0.00000253. The van der Waals surface area contributed by atoms with Crippen LogP contribution in [0.5, 0.6) is 0 Å². The second-order valence-corrected chi connectivity index (χ2v) is 11.5. The SMILES string of the molecule is [CH2-]C(C)(CC(C)(CC(C)(C[C-](C)c1ccccc1)c1ccccc1)c1ccccc1)c1ccccc1.[Na+].[Na+]. The molecule has 0 saturated carbocycles. The molecule has 0 bridgehead atoms. The fraction of sp³-hybridized carbons (Fsp3) is 0.278. The topological polar surface area (TPSA) is 0 Å². The number of hydrogen-bond donors (Lipinski definition) is 0. The van der Waals surface area contributed by atoms with E-state index in [2.05, 4.69) is 149 Å². The molecule has 4 rings (SSSR count). The summed E-state index contributed by atoms with van der Waals surface area (Å²) < 4.78 is 0. The zero-order valence-electron chi connectivity index (χ0n) is 24.4. The molecule has 186 valence electrons. The monoisotopic (exact) mass is 518 g/mol. The quantitative estimate of drug-likeness (QED) is 0.223. The number of benzene rings is 4. The van der Waals surface area contributed by atoms with Gasteiger partial charge in [-0.05, 0) is 28.4 Å². The molecule has 38 heavy (non-hydrogen) atoms. The molecule has 3 atom stereocenters. The summed E-state index contributed by atoms with van der Waals surface area (Å²) in [5.41, 5.74) is 5.08. The van der Waals surface area contributed by atoms with E-state index in [1.807, 2.05) is 0 Å². The van der Waals surface area contributed by atoms with Gasteiger partial charge in [-0.3, -0.25) is 0 Å². The molecule has 0 aliphatic rings. The molecule has 0 aromatic heterocycles. The van der Waals surface area contributed by atoms with Gasteiger partial charge in [0.2, 0.25) is 0 Å². The summed E-state index contributed by atoms with van der Waals surface area (Å²) in [6.45, 7) is 14.3. The molecule has 0 aliphatic heterocycles. The molecule has 3 unspecified atom stereocenters. The third kappa shape index (κ3) is 8.14. The molecule has 0 radical (unpaired) electrons. The molecule has 0 saturated heterocycles. The Kier molecular flexibility index (Phi) is 12.5. The van der Waals surface area contributed by atoms with Crippen molar-refractivity contribution >= 4 is 0 Å². The molecule has 0 amide bonds. The Labute approximate surface area is 276 Å². The van der Waals surface area contributed by atoms with Crippen molar-refractivity contribution in [2.24, 2.45) is 0 Å².